The van der Waals surface area contributed by atoms with E-state index in [0.29, 0.717) is 24.5 Å². The summed E-state index contributed by atoms with van der Waals surface area (Å²) in [5.41, 5.74) is 4.86. The van der Waals surface area contributed by atoms with Crippen molar-refractivity contribution in [2.75, 3.05) is 31.4 Å². The van der Waals surface area contributed by atoms with Crippen LogP contribution in [0.2, 0.25) is 0 Å². The number of hydrogen-bond acceptors (Lipinski definition) is 5. The maximum Gasteiger partial charge on any atom is 0.247 e. The molecule has 3 rings (SSSR count). The SMILES string of the molecule is COc1ccc(CCNC(=O)C[C@H]2Nc3cc(C)c(C)cc3NC2=O)cc1OC. The highest BCUT2D eigenvalue weighted by molar-refractivity contribution is 6.05. The first kappa shape index (κ1) is 20.5. The van der Waals surface area contributed by atoms with Crippen molar-refractivity contribution in [1.29, 1.82) is 0 Å². The van der Waals surface area contributed by atoms with E-state index in [2.05, 4.69) is 16.0 Å². The second-order valence-corrected chi connectivity index (χ2v) is 7.16. The standard InChI is InChI=1S/C22H27N3O4/c1-13-9-16-17(10-14(13)2)25-22(27)18(24-16)12-21(26)23-8-7-15-5-6-19(28-3)20(11-15)29-4/h5-6,9-11,18,24H,7-8,12H2,1-4H3,(H,23,26)(H,25,27)/t18-/m1/s1. The molecular weight excluding hydrogens is 370 g/mol. The molecule has 29 heavy (non-hydrogen) atoms. The molecule has 0 bridgehead atoms. The molecule has 2 aromatic carbocycles. The summed E-state index contributed by atoms with van der Waals surface area (Å²) in [6.45, 7) is 4.49. The number of amides is 2. The van der Waals surface area contributed by atoms with Crippen LogP contribution in [0, 0.1) is 13.8 Å². The van der Waals surface area contributed by atoms with Gasteiger partial charge in [0.25, 0.3) is 0 Å². The first-order chi connectivity index (χ1) is 13.9. The number of methoxy groups -OCH3 is 2. The number of rotatable bonds is 7. The monoisotopic (exact) mass is 397 g/mol. The third-order valence-corrected chi connectivity index (χ3v) is 5.11. The number of carbonyl (C=O) groups excluding carboxylic acids is 2. The maximum absolute atomic E-state index is 12.3. The number of anilines is 2. The third kappa shape index (κ3) is 4.80. The molecule has 0 saturated heterocycles. The van der Waals surface area contributed by atoms with E-state index in [0.717, 1.165) is 28.1 Å². The highest BCUT2D eigenvalue weighted by atomic mass is 16.5. The second kappa shape index (κ2) is 8.86. The van der Waals surface area contributed by atoms with Crippen LogP contribution in [0.1, 0.15) is 23.1 Å². The highest BCUT2D eigenvalue weighted by Gasteiger charge is 2.27. The minimum absolute atomic E-state index is 0.0735. The summed E-state index contributed by atoms with van der Waals surface area (Å²) >= 11 is 0. The zero-order valence-corrected chi connectivity index (χ0v) is 17.2. The van der Waals surface area contributed by atoms with E-state index in [1.807, 2.05) is 44.2 Å². The van der Waals surface area contributed by atoms with Gasteiger partial charge in [-0.15, -0.1) is 0 Å². The summed E-state index contributed by atoms with van der Waals surface area (Å²) < 4.78 is 10.5. The number of hydrogen-bond donors (Lipinski definition) is 3. The van der Waals surface area contributed by atoms with E-state index in [-0.39, 0.29) is 18.2 Å². The number of nitrogens with one attached hydrogen (secondary N) is 3. The lowest BCUT2D eigenvalue weighted by molar-refractivity contribution is -0.124. The Bertz CT molecular complexity index is 927. The topological polar surface area (TPSA) is 88.7 Å². The van der Waals surface area contributed by atoms with Crippen LogP contribution in [0.4, 0.5) is 11.4 Å². The second-order valence-electron chi connectivity index (χ2n) is 7.16. The fourth-order valence-electron chi connectivity index (χ4n) is 3.30. The van der Waals surface area contributed by atoms with Crippen molar-refractivity contribution in [1.82, 2.24) is 5.32 Å². The van der Waals surface area contributed by atoms with Gasteiger partial charge in [-0.1, -0.05) is 6.07 Å². The Hall–Kier alpha value is -3.22. The third-order valence-electron chi connectivity index (χ3n) is 5.11. The molecule has 3 N–H and O–H groups in total. The molecule has 0 fully saturated rings. The molecule has 0 aliphatic carbocycles. The molecular formula is C22H27N3O4. The number of carbonyl (C=O) groups is 2. The predicted octanol–water partition coefficient (Wildman–Crippen LogP) is 2.80. The fraction of sp³-hybridized carbons (Fsp3) is 0.364. The highest BCUT2D eigenvalue weighted by Crippen LogP contribution is 2.30. The molecule has 1 aliphatic rings. The van der Waals surface area contributed by atoms with Crippen LogP contribution in [0.3, 0.4) is 0 Å². The summed E-state index contributed by atoms with van der Waals surface area (Å²) in [7, 11) is 3.18. The zero-order chi connectivity index (χ0) is 21.0. The van der Waals surface area contributed by atoms with Gasteiger partial charge in [-0.2, -0.15) is 0 Å². The van der Waals surface area contributed by atoms with Gasteiger partial charge in [-0.05, 0) is 61.2 Å². The van der Waals surface area contributed by atoms with Crippen LogP contribution in [0.5, 0.6) is 11.5 Å². The fourth-order valence-corrected chi connectivity index (χ4v) is 3.30. The van der Waals surface area contributed by atoms with E-state index < -0.39 is 6.04 Å². The van der Waals surface area contributed by atoms with Crippen LogP contribution in [0.25, 0.3) is 0 Å². The van der Waals surface area contributed by atoms with Crippen LogP contribution in [0.15, 0.2) is 30.3 Å². The zero-order valence-electron chi connectivity index (χ0n) is 17.2. The molecule has 0 radical (unpaired) electrons. The summed E-state index contributed by atoms with van der Waals surface area (Å²) in [4.78, 5) is 24.7. The van der Waals surface area contributed by atoms with E-state index in [1.165, 1.54) is 0 Å². The van der Waals surface area contributed by atoms with Gasteiger partial charge in [0, 0.05) is 6.54 Å². The minimum Gasteiger partial charge on any atom is -0.493 e. The molecule has 154 valence electrons. The smallest absolute Gasteiger partial charge is 0.247 e. The maximum atomic E-state index is 12.3. The number of aryl methyl sites for hydroxylation is 2. The Balaban J connectivity index is 1.53. The van der Waals surface area contributed by atoms with Crippen LogP contribution < -0.4 is 25.4 Å². The van der Waals surface area contributed by atoms with E-state index >= 15 is 0 Å². The molecule has 1 heterocycles. The number of benzene rings is 2. The van der Waals surface area contributed by atoms with Gasteiger partial charge in [-0.3, -0.25) is 9.59 Å². The van der Waals surface area contributed by atoms with Gasteiger partial charge in [0.05, 0.1) is 32.0 Å². The van der Waals surface area contributed by atoms with E-state index in [9.17, 15) is 9.59 Å². The van der Waals surface area contributed by atoms with Gasteiger partial charge in [-0.25, -0.2) is 0 Å². The van der Waals surface area contributed by atoms with Crippen molar-refractivity contribution >= 4 is 23.2 Å². The molecule has 7 nitrogen and oxygen atoms in total. The van der Waals surface area contributed by atoms with E-state index in [1.54, 1.807) is 14.2 Å². The predicted molar refractivity (Wildman–Crippen MR) is 113 cm³/mol. The molecule has 0 saturated carbocycles. The van der Waals surface area contributed by atoms with Gasteiger partial charge in [0.15, 0.2) is 11.5 Å². The Morgan fingerprint density at radius 2 is 1.72 bits per heavy atom. The van der Waals surface area contributed by atoms with Crippen molar-refractivity contribution < 1.29 is 19.1 Å². The lowest BCUT2D eigenvalue weighted by atomic mass is 10.0. The van der Waals surface area contributed by atoms with E-state index in [4.69, 9.17) is 9.47 Å². The summed E-state index contributed by atoms with van der Waals surface area (Å²) in [5.74, 6) is 0.949. The van der Waals surface area contributed by atoms with Crippen LogP contribution >= 0.6 is 0 Å². The van der Waals surface area contributed by atoms with Gasteiger partial charge < -0.3 is 25.4 Å². The molecule has 0 spiro atoms. The molecule has 1 atom stereocenters. The Morgan fingerprint density at radius 3 is 2.41 bits per heavy atom. The lowest BCUT2D eigenvalue weighted by Crippen LogP contribution is -2.42. The molecule has 2 amide bonds. The quantitative estimate of drug-likeness (QED) is 0.669. The minimum atomic E-state index is -0.592. The first-order valence-corrected chi connectivity index (χ1v) is 9.57. The molecule has 7 heteroatoms. The van der Waals surface area contributed by atoms with Crippen molar-refractivity contribution in [3.05, 3.63) is 47.0 Å². The molecule has 2 aromatic rings. The van der Waals surface area contributed by atoms with Crippen molar-refractivity contribution in [2.24, 2.45) is 0 Å². The van der Waals surface area contributed by atoms with Gasteiger partial charge in [0.2, 0.25) is 11.8 Å². The summed E-state index contributed by atoms with van der Waals surface area (Å²) in [5, 5.41) is 8.94. The summed E-state index contributed by atoms with van der Waals surface area (Å²) in [6.07, 6.45) is 0.724. The molecule has 1 aliphatic heterocycles. The summed E-state index contributed by atoms with van der Waals surface area (Å²) in [6, 6.07) is 9.01. The van der Waals surface area contributed by atoms with Crippen molar-refractivity contribution in [3.63, 3.8) is 0 Å². The molecule has 0 unspecified atom stereocenters. The van der Waals surface area contributed by atoms with Gasteiger partial charge in [0.1, 0.15) is 6.04 Å². The van der Waals surface area contributed by atoms with Crippen LogP contribution in [-0.4, -0.2) is 38.6 Å². The lowest BCUT2D eigenvalue weighted by Gasteiger charge is -2.27. The first-order valence-electron chi connectivity index (χ1n) is 9.57. The normalized spacial score (nSPS) is 15.0. The largest absolute Gasteiger partial charge is 0.493 e. The van der Waals surface area contributed by atoms with Crippen molar-refractivity contribution in [2.45, 2.75) is 32.7 Å². The molecule has 0 aromatic heterocycles. The average molecular weight is 397 g/mol. The number of ether oxygens (including phenoxy) is 2. The van der Waals surface area contributed by atoms with Crippen LogP contribution in [-0.2, 0) is 16.0 Å². The Morgan fingerprint density at radius 1 is 1.03 bits per heavy atom. The average Bonchev–Trinajstić information content (AvgIpc) is 2.70. The van der Waals surface area contributed by atoms with Gasteiger partial charge >= 0.3 is 0 Å². The Kier molecular flexibility index (Phi) is 6.26. The number of fused-ring (bicyclic) bond motifs is 1. The van der Waals surface area contributed by atoms with Crippen molar-refractivity contribution in [3.8, 4) is 11.5 Å². The Labute approximate surface area is 170 Å².